The lowest BCUT2D eigenvalue weighted by molar-refractivity contribution is 0.0674. The first-order valence-corrected chi connectivity index (χ1v) is 8.84. The Kier molecular flexibility index (Phi) is 4.29. The second-order valence-corrected chi connectivity index (χ2v) is 6.88. The second kappa shape index (κ2) is 6.74. The number of aromatic nitrogens is 4. The summed E-state index contributed by atoms with van der Waals surface area (Å²) in [5, 5.41) is 4.54. The van der Waals surface area contributed by atoms with Crippen molar-refractivity contribution in [3.63, 3.8) is 0 Å². The number of carbonyl (C=O) groups excluding carboxylic acids is 1. The van der Waals surface area contributed by atoms with Gasteiger partial charge in [-0.15, -0.1) is 0 Å². The summed E-state index contributed by atoms with van der Waals surface area (Å²) in [5.41, 5.74) is 1.38. The van der Waals surface area contributed by atoms with Gasteiger partial charge in [-0.05, 0) is 37.7 Å². The second-order valence-electron chi connectivity index (χ2n) is 6.88. The highest BCUT2D eigenvalue weighted by atomic mass is 16.2. The Morgan fingerprint density at radius 1 is 1.12 bits per heavy atom. The van der Waals surface area contributed by atoms with Gasteiger partial charge in [0.15, 0.2) is 0 Å². The molecule has 1 amide bonds. The average Bonchev–Trinajstić information content (AvgIpc) is 3.49. The van der Waals surface area contributed by atoms with Crippen molar-refractivity contribution in [2.24, 2.45) is 5.92 Å². The fourth-order valence-electron chi connectivity index (χ4n) is 3.33. The van der Waals surface area contributed by atoms with Crippen LogP contribution in [0.15, 0.2) is 35.5 Å². The van der Waals surface area contributed by atoms with E-state index in [1.54, 1.807) is 16.9 Å². The molecule has 0 unspecified atom stereocenters. The average molecular weight is 339 g/mol. The van der Waals surface area contributed by atoms with E-state index in [0.29, 0.717) is 37.2 Å². The van der Waals surface area contributed by atoms with Gasteiger partial charge < -0.3 is 4.90 Å². The summed E-state index contributed by atoms with van der Waals surface area (Å²) in [6.07, 6.45) is 8.68. The molecule has 1 saturated carbocycles. The van der Waals surface area contributed by atoms with Crippen molar-refractivity contribution in [1.82, 2.24) is 24.6 Å². The van der Waals surface area contributed by atoms with E-state index < -0.39 is 0 Å². The molecule has 2 aliphatic rings. The molecule has 7 nitrogen and oxygen atoms in total. The van der Waals surface area contributed by atoms with Crippen LogP contribution in [0, 0.1) is 5.92 Å². The molecule has 1 aliphatic heterocycles. The summed E-state index contributed by atoms with van der Waals surface area (Å²) >= 11 is 0. The minimum Gasteiger partial charge on any atom is -0.337 e. The van der Waals surface area contributed by atoms with E-state index in [0.717, 1.165) is 18.5 Å². The lowest BCUT2D eigenvalue weighted by atomic mass is 9.96. The summed E-state index contributed by atoms with van der Waals surface area (Å²) in [7, 11) is 0. The molecule has 2 aromatic heterocycles. The zero-order valence-electron chi connectivity index (χ0n) is 14.0. The minimum absolute atomic E-state index is 0.0394. The highest BCUT2D eigenvalue weighted by Gasteiger charge is 2.27. The van der Waals surface area contributed by atoms with Crippen LogP contribution in [0.4, 0.5) is 0 Å². The molecule has 1 saturated heterocycles. The van der Waals surface area contributed by atoms with Crippen molar-refractivity contribution in [1.29, 1.82) is 0 Å². The Morgan fingerprint density at radius 3 is 2.60 bits per heavy atom. The number of likely N-dealkylation sites (tertiary alicyclic amines) is 1. The van der Waals surface area contributed by atoms with Crippen molar-refractivity contribution >= 4 is 5.91 Å². The van der Waals surface area contributed by atoms with Crippen LogP contribution in [0.1, 0.15) is 47.8 Å². The van der Waals surface area contributed by atoms with Gasteiger partial charge in [0.05, 0.1) is 11.9 Å². The first-order valence-electron chi connectivity index (χ1n) is 8.84. The number of piperidine rings is 1. The zero-order chi connectivity index (χ0) is 17.2. The molecule has 0 N–H and O–H groups in total. The molecule has 0 aromatic carbocycles. The van der Waals surface area contributed by atoms with Crippen LogP contribution in [-0.2, 0) is 6.54 Å². The summed E-state index contributed by atoms with van der Waals surface area (Å²) < 4.78 is 1.61. The van der Waals surface area contributed by atoms with E-state index in [4.69, 9.17) is 0 Å². The Bertz CT molecular complexity index is 808. The Balaban J connectivity index is 1.37. The molecule has 3 heterocycles. The standard InChI is InChI=1S/C18H21N5O2/c24-17-4-3-15(14-1-2-14)21-23(17)12-13-5-9-22(10-6-13)18(25)16-11-19-7-8-20-16/h3-4,7-8,11,13-14H,1-2,5-6,9-10,12H2. The van der Waals surface area contributed by atoms with E-state index in [2.05, 4.69) is 15.1 Å². The van der Waals surface area contributed by atoms with Crippen molar-refractivity contribution in [2.75, 3.05) is 13.1 Å². The number of hydrogen-bond donors (Lipinski definition) is 0. The van der Waals surface area contributed by atoms with Gasteiger partial charge in [-0.2, -0.15) is 5.10 Å². The number of nitrogens with zero attached hydrogens (tertiary/aromatic N) is 5. The third-order valence-corrected chi connectivity index (χ3v) is 5.00. The van der Waals surface area contributed by atoms with Gasteiger partial charge in [0, 0.05) is 44.0 Å². The first-order chi connectivity index (χ1) is 12.2. The van der Waals surface area contributed by atoms with Gasteiger partial charge >= 0.3 is 0 Å². The lowest BCUT2D eigenvalue weighted by Crippen LogP contribution is -2.40. The summed E-state index contributed by atoms with van der Waals surface area (Å²) in [6, 6.07) is 3.49. The minimum atomic E-state index is -0.0717. The van der Waals surface area contributed by atoms with E-state index in [-0.39, 0.29) is 11.5 Å². The van der Waals surface area contributed by atoms with Gasteiger partial charge in [0.2, 0.25) is 0 Å². The SMILES string of the molecule is O=C(c1cnccn1)N1CCC(Cn2nc(C3CC3)ccc2=O)CC1. The summed E-state index contributed by atoms with van der Waals surface area (Å²) in [6.45, 7) is 1.99. The van der Waals surface area contributed by atoms with Crippen LogP contribution in [0.2, 0.25) is 0 Å². The number of rotatable bonds is 4. The van der Waals surface area contributed by atoms with Gasteiger partial charge in [-0.1, -0.05) is 0 Å². The Hall–Kier alpha value is -2.57. The third-order valence-electron chi connectivity index (χ3n) is 5.00. The van der Waals surface area contributed by atoms with E-state index in [9.17, 15) is 9.59 Å². The largest absolute Gasteiger partial charge is 0.337 e. The molecule has 130 valence electrons. The maximum absolute atomic E-state index is 12.4. The molecular formula is C18H21N5O2. The van der Waals surface area contributed by atoms with Crippen molar-refractivity contribution in [3.05, 3.63) is 52.5 Å². The van der Waals surface area contributed by atoms with Gasteiger partial charge in [0.1, 0.15) is 5.69 Å². The van der Waals surface area contributed by atoms with Gasteiger partial charge in [-0.25, -0.2) is 9.67 Å². The predicted molar refractivity (Wildman–Crippen MR) is 91.1 cm³/mol. The molecule has 7 heteroatoms. The number of carbonyl (C=O) groups is 1. The molecular weight excluding hydrogens is 318 g/mol. The topological polar surface area (TPSA) is 81.0 Å². The maximum atomic E-state index is 12.4. The van der Waals surface area contributed by atoms with Crippen molar-refractivity contribution in [2.45, 2.75) is 38.1 Å². The van der Waals surface area contributed by atoms with Gasteiger partial charge in [0.25, 0.3) is 11.5 Å². The third kappa shape index (κ3) is 3.60. The number of amides is 1. The molecule has 0 radical (unpaired) electrons. The smallest absolute Gasteiger partial charge is 0.274 e. The van der Waals surface area contributed by atoms with Crippen LogP contribution in [-0.4, -0.2) is 43.6 Å². The fraction of sp³-hybridized carbons (Fsp3) is 0.500. The summed E-state index contributed by atoms with van der Waals surface area (Å²) in [4.78, 5) is 34.3. The number of hydrogen-bond acceptors (Lipinski definition) is 5. The highest BCUT2D eigenvalue weighted by Crippen LogP contribution is 2.38. The molecule has 25 heavy (non-hydrogen) atoms. The Labute approximate surface area is 145 Å². The normalized spacial score (nSPS) is 18.3. The predicted octanol–water partition coefficient (Wildman–Crippen LogP) is 1.46. The Morgan fingerprint density at radius 2 is 1.92 bits per heavy atom. The van der Waals surface area contributed by atoms with Crippen LogP contribution in [0.25, 0.3) is 0 Å². The van der Waals surface area contributed by atoms with Crippen LogP contribution in [0.3, 0.4) is 0 Å². The fourth-order valence-corrected chi connectivity index (χ4v) is 3.33. The van der Waals surface area contributed by atoms with E-state index in [1.165, 1.54) is 25.2 Å². The van der Waals surface area contributed by atoms with E-state index in [1.807, 2.05) is 11.0 Å². The molecule has 0 bridgehead atoms. The zero-order valence-corrected chi connectivity index (χ0v) is 14.0. The van der Waals surface area contributed by atoms with Crippen LogP contribution < -0.4 is 5.56 Å². The molecule has 4 rings (SSSR count). The molecule has 1 aliphatic carbocycles. The highest BCUT2D eigenvalue weighted by molar-refractivity contribution is 5.91. The first kappa shape index (κ1) is 15.9. The van der Waals surface area contributed by atoms with Gasteiger partial charge in [-0.3, -0.25) is 14.6 Å². The lowest BCUT2D eigenvalue weighted by Gasteiger charge is -2.31. The van der Waals surface area contributed by atoms with Crippen LogP contribution >= 0.6 is 0 Å². The van der Waals surface area contributed by atoms with Crippen LogP contribution in [0.5, 0.6) is 0 Å². The molecule has 2 fully saturated rings. The van der Waals surface area contributed by atoms with Crippen molar-refractivity contribution < 1.29 is 4.79 Å². The molecule has 0 spiro atoms. The summed E-state index contributed by atoms with van der Waals surface area (Å²) in [5.74, 6) is 0.835. The van der Waals surface area contributed by atoms with Crippen molar-refractivity contribution in [3.8, 4) is 0 Å². The maximum Gasteiger partial charge on any atom is 0.274 e. The quantitative estimate of drug-likeness (QED) is 0.842. The van der Waals surface area contributed by atoms with E-state index >= 15 is 0 Å². The molecule has 2 aromatic rings. The molecule has 0 atom stereocenters. The monoisotopic (exact) mass is 339 g/mol.